The van der Waals surface area contributed by atoms with Crippen molar-refractivity contribution in [2.45, 2.75) is 19.4 Å². The fraction of sp³-hybridized carbons (Fsp3) is 0.308. The molecule has 0 aliphatic rings. The minimum Gasteiger partial charge on any atom is -0.496 e. The molecule has 0 unspecified atom stereocenters. The molecule has 2 rings (SSSR count). The second-order valence-corrected chi connectivity index (χ2v) is 4.88. The van der Waals surface area contributed by atoms with Gasteiger partial charge >= 0.3 is 6.03 Å². The van der Waals surface area contributed by atoms with Crippen LogP contribution in [-0.2, 0) is 0 Å². The van der Waals surface area contributed by atoms with Gasteiger partial charge in [0, 0.05) is 5.56 Å². The van der Waals surface area contributed by atoms with E-state index < -0.39 is 0 Å². The molecule has 2 N–H and O–H groups in total. The number of nitrogens with one attached hydrogen (secondary N) is 2. The van der Waals surface area contributed by atoms with E-state index in [2.05, 4.69) is 20.8 Å². The largest absolute Gasteiger partial charge is 0.496 e. The van der Waals surface area contributed by atoms with Crippen molar-refractivity contribution in [2.75, 3.05) is 12.4 Å². The van der Waals surface area contributed by atoms with Gasteiger partial charge < -0.3 is 10.1 Å². The monoisotopic (exact) mass is 292 g/mol. The van der Waals surface area contributed by atoms with Gasteiger partial charge in [0.25, 0.3) is 0 Å². The molecule has 106 valence electrons. The van der Waals surface area contributed by atoms with Crippen LogP contribution >= 0.6 is 11.3 Å². The number of amides is 2. The maximum absolute atomic E-state index is 11.9. The van der Waals surface area contributed by atoms with E-state index in [9.17, 15) is 4.79 Å². The van der Waals surface area contributed by atoms with Gasteiger partial charge in [0.1, 0.15) is 11.3 Å². The Bertz CT molecular complexity index is 559. The zero-order chi connectivity index (χ0) is 14.4. The van der Waals surface area contributed by atoms with Crippen molar-refractivity contribution in [2.24, 2.45) is 0 Å². The number of carbonyl (C=O) groups excluding carboxylic acids is 1. The lowest BCUT2D eigenvalue weighted by molar-refractivity contribution is 0.248. The van der Waals surface area contributed by atoms with Crippen LogP contribution in [0.3, 0.4) is 0 Å². The highest BCUT2D eigenvalue weighted by Crippen LogP contribution is 2.26. The number of anilines is 1. The highest BCUT2D eigenvalue weighted by molar-refractivity contribution is 7.13. The van der Waals surface area contributed by atoms with E-state index in [1.54, 1.807) is 12.6 Å². The Balaban J connectivity index is 2.06. The molecule has 0 bridgehead atoms. The summed E-state index contributed by atoms with van der Waals surface area (Å²) in [6.07, 6.45) is 0.754. The number of rotatable bonds is 5. The van der Waals surface area contributed by atoms with Crippen molar-refractivity contribution in [3.63, 3.8) is 0 Å². The molecule has 0 saturated carbocycles. The number of ether oxygens (including phenoxy) is 1. The summed E-state index contributed by atoms with van der Waals surface area (Å²) < 4.78 is 5.32. The molecule has 1 aromatic heterocycles. The molecule has 0 spiro atoms. The van der Waals surface area contributed by atoms with Crippen LogP contribution in [0.15, 0.2) is 29.8 Å². The summed E-state index contributed by atoms with van der Waals surface area (Å²) in [6, 6.07) is 7.21. The summed E-state index contributed by atoms with van der Waals surface area (Å²) in [5.41, 5.74) is 2.51. The average Bonchev–Trinajstić information content (AvgIpc) is 2.97. The van der Waals surface area contributed by atoms with E-state index in [-0.39, 0.29) is 12.1 Å². The van der Waals surface area contributed by atoms with Crippen LogP contribution in [0.25, 0.3) is 0 Å². The first-order chi connectivity index (χ1) is 9.74. The molecule has 1 heterocycles. The maximum Gasteiger partial charge on any atom is 0.321 e. The van der Waals surface area contributed by atoms with E-state index in [1.807, 2.05) is 31.2 Å². The van der Waals surface area contributed by atoms with Gasteiger partial charge in [-0.25, -0.2) is 4.79 Å². The van der Waals surface area contributed by atoms with E-state index >= 15 is 0 Å². The number of benzene rings is 1. The third-order valence-corrected chi connectivity index (χ3v) is 3.42. The third kappa shape index (κ3) is 3.45. The van der Waals surface area contributed by atoms with Crippen LogP contribution < -0.4 is 15.4 Å². The van der Waals surface area contributed by atoms with Crippen molar-refractivity contribution in [3.05, 3.63) is 35.3 Å². The van der Waals surface area contributed by atoms with Gasteiger partial charge in [-0.15, -0.1) is 10.2 Å². The molecule has 0 fully saturated rings. The van der Waals surface area contributed by atoms with Gasteiger partial charge in [0.15, 0.2) is 0 Å². The zero-order valence-electron chi connectivity index (χ0n) is 11.3. The lowest BCUT2D eigenvalue weighted by Crippen LogP contribution is -2.32. The number of aromatic nitrogens is 2. The van der Waals surface area contributed by atoms with Crippen molar-refractivity contribution in [1.29, 1.82) is 0 Å². The molecule has 2 aromatic rings. The van der Waals surface area contributed by atoms with Gasteiger partial charge in [-0.1, -0.05) is 36.5 Å². The molecule has 7 heteroatoms. The van der Waals surface area contributed by atoms with Gasteiger partial charge in [0.05, 0.1) is 13.2 Å². The van der Waals surface area contributed by atoms with Crippen LogP contribution in [0.1, 0.15) is 24.9 Å². The Morgan fingerprint density at radius 3 is 2.90 bits per heavy atom. The Hall–Kier alpha value is -2.15. The summed E-state index contributed by atoms with van der Waals surface area (Å²) in [4.78, 5) is 11.9. The van der Waals surface area contributed by atoms with E-state index in [0.717, 1.165) is 17.7 Å². The summed E-state index contributed by atoms with van der Waals surface area (Å²) in [5.74, 6) is 0.760. The fourth-order valence-electron chi connectivity index (χ4n) is 1.87. The normalized spacial score (nSPS) is 11.7. The van der Waals surface area contributed by atoms with Crippen molar-refractivity contribution >= 4 is 22.5 Å². The van der Waals surface area contributed by atoms with Crippen LogP contribution in [0.5, 0.6) is 5.75 Å². The third-order valence-electron chi connectivity index (χ3n) is 2.81. The molecule has 6 nitrogen and oxygen atoms in total. The fourth-order valence-corrected chi connectivity index (χ4v) is 2.31. The molecule has 20 heavy (non-hydrogen) atoms. The van der Waals surface area contributed by atoms with Crippen molar-refractivity contribution in [3.8, 4) is 5.75 Å². The number of hydrogen-bond acceptors (Lipinski definition) is 5. The minimum atomic E-state index is -0.306. The van der Waals surface area contributed by atoms with Crippen LogP contribution in [0.2, 0.25) is 0 Å². The molecule has 0 radical (unpaired) electrons. The summed E-state index contributed by atoms with van der Waals surface area (Å²) in [6.45, 7) is 2.00. The second kappa shape index (κ2) is 6.85. The van der Waals surface area contributed by atoms with E-state index in [1.165, 1.54) is 11.3 Å². The number of hydrogen-bond donors (Lipinski definition) is 2. The maximum atomic E-state index is 11.9. The molecule has 2 amide bonds. The number of para-hydroxylation sites is 1. The van der Waals surface area contributed by atoms with Gasteiger partial charge in [0.2, 0.25) is 5.13 Å². The number of nitrogens with zero attached hydrogens (tertiary/aromatic N) is 2. The van der Waals surface area contributed by atoms with Crippen molar-refractivity contribution in [1.82, 2.24) is 15.5 Å². The minimum absolute atomic E-state index is 0.126. The highest BCUT2D eigenvalue weighted by Gasteiger charge is 2.16. The number of urea groups is 1. The first kappa shape index (κ1) is 14.3. The molecular formula is C13H16N4O2S. The van der Waals surface area contributed by atoms with Gasteiger partial charge in [-0.3, -0.25) is 5.32 Å². The molecule has 1 aromatic carbocycles. The Kier molecular flexibility index (Phi) is 4.89. The van der Waals surface area contributed by atoms with Crippen LogP contribution in [0.4, 0.5) is 9.93 Å². The lowest BCUT2D eigenvalue weighted by atomic mass is 10.0. The lowest BCUT2D eigenvalue weighted by Gasteiger charge is -2.19. The van der Waals surface area contributed by atoms with Gasteiger partial charge in [-0.05, 0) is 12.5 Å². The predicted molar refractivity (Wildman–Crippen MR) is 78.1 cm³/mol. The second-order valence-electron chi connectivity index (χ2n) is 4.05. The summed E-state index contributed by atoms with van der Waals surface area (Å²) >= 11 is 1.27. The topological polar surface area (TPSA) is 76.1 Å². The SMILES string of the molecule is CC[C@@H](NC(=O)Nc1nncs1)c1ccccc1OC. The smallest absolute Gasteiger partial charge is 0.321 e. The molecule has 0 aliphatic heterocycles. The van der Waals surface area contributed by atoms with Gasteiger partial charge in [-0.2, -0.15) is 0 Å². The molecule has 1 atom stereocenters. The Labute approximate surface area is 121 Å². The van der Waals surface area contributed by atoms with Crippen LogP contribution in [0, 0.1) is 0 Å². The number of carbonyl (C=O) groups is 1. The first-order valence-corrected chi connectivity index (χ1v) is 7.09. The predicted octanol–water partition coefficient (Wildman–Crippen LogP) is 2.82. The molecular weight excluding hydrogens is 276 g/mol. The van der Waals surface area contributed by atoms with Crippen molar-refractivity contribution < 1.29 is 9.53 Å². The first-order valence-electron chi connectivity index (χ1n) is 6.21. The standard InChI is InChI=1S/C13H16N4O2S/c1-3-10(9-6-4-5-7-11(9)19-2)15-12(18)16-13-17-14-8-20-13/h4-8,10H,3H2,1-2H3,(H2,15,16,17,18)/t10-/m1/s1. The number of methoxy groups -OCH3 is 1. The Morgan fingerprint density at radius 1 is 1.45 bits per heavy atom. The quantitative estimate of drug-likeness (QED) is 0.888. The van der Waals surface area contributed by atoms with E-state index in [4.69, 9.17) is 4.74 Å². The highest BCUT2D eigenvalue weighted by atomic mass is 32.1. The Morgan fingerprint density at radius 2 is 2.25 bits per heavy atom. The summed E-state index contributed by atoms with van der Waals surface area (Å²) in [5, 5.41) is 13.5. The average molecular weight is 292 g/mol. The zero-order valence-corrected chi connectivity index (χ0v) is 12.1. The van der Waals surface area contributed by atoms with E-state index in [0.29, 0.717) is 5.13 Å². The summed E-state index contributed by atoms with van der Waals surface area (Å²) in [7, 11) is 1.62. The van der Waals surface area contributed by atoms with Crippen LogP contribution in [-0.4, -0.2) is 23.3 Å². The molecule has 0 aliphatic carbocycles. The molecule has 0 saturated heterocycles.